The first kappa shape index (κ1) is 13.4. The summed E-state index contributed by atoms with van der Waals surface area (Å²) in [4.78, 5) is 2.20. The van der Waals surface area contributed by atoms with Gasteiger partial charge in [0, 0.05) is 28.7 Å². The van der Waals surface area contributed by atoms with Gasteiger partial charge in [0.1, 0.15) is 0 Å². The maximum Gasteiger partial charge on any atom is 0.0465 e. The highest BCUT2D eigenvalue weighted by atomic mass is 35.5. The standard InChI is InChI=1S/C15H15Cl2N/c1-18(10-12-6-3-2-4-7-12)11-13-14(16)8-5-9-15(13)17/h2-9H,10-11H2,1H3. The largest absolute Gasteiger partial charge is 0.298 e. The fourth-order valence-corrected chi connectivity index (χ4v) is 2.42. The monoisotopic (exact) mass is 279 g/mol. The Hall–Kier alpha value is -1.02. The first-order chi connectivity index (χ1) is 8.66. The van der Waals surface area contributed by atoms with Crippen LogP contribution in [0, 0.1) is 0 Å². The molecule has 0 spiro atoms. The Morgan fingerprint density at radius 1 is 0.833 bits per heavy atom. The van der Waals surface area contributed by atoms with Crippen LogP contribution in [0.15, 0.2) is 48.5 Å². The van der Waals surface area contributed by atoms with Crippen LogP contribution in [0.5, 0.6) is 0 Å². The van der Waals surface area contributed by atoms with Gasteiger partial charge in [-0.1, -0.05) is 59.6 Å². The third-order valence-electron chi connectivity index (χ3n) is 2.79. The summed E-state index contributed by atoms with van der Waals surface area (Å²) in [5, 5.41) is 1.45. The van der Waals surface area contributed by atoms with Crippen LogP contribution in [-0.4, -0.2) is 11.9 Å². The molecule has 0 aliphatic rings. The third-order valence-corrected chi connectivity index (χ3v) is 3.49. The predicted octanol–water partition coefficient (Wildman–Crippen LogP) is 4.63. The van der Waals surface area contributed by atoms with Gasteiger partial charge in [0.2, 0.25) is 0 Å². The lowest BCUT2D eigenvalue weighted by Crippen LogP contribution is -2.17. The van der Waals surface area contributed by atoms with Crippen molar-refractivity contribution < 1.29 is 0 Å². The number of hydrogen-bond donors (Lipinski definition) is 0. The van der Waals surface area contributed by atoms with E-state index < -0.39 is 0 Å². The molecule has 0 fully saturated rings. The van der Waals surface area contributed by atoms with E-state index in [1.54, 1.807) is 0 Å². The Labute approximate surface area is 118 Å². The molecule has 18 heavy (non-hydrogen) atoms. The molecule has 0 aliphatic heterocycles. The molecular weight excluding hydrogens is 265 g/mol. The van der Waals surface area contributed by atoms with Gasteiger partial charge in [0.05, 0.1) is 0 Å². The Kier molecular flexibility index (Phi) is 4.65. The minimum absolute atomic E-state index is 0.724. The van der Waals surface area contributed by atoms with Crippen LogP contribution in [0.3, 0.4) is 0 Å². The van der Waals surface area contributed by atoms with Crippen LogP contribution in [0.25, 0.3) is 0 Å². The Morgan fingerprint density at radius 3 is 2.06 bits per heavy atom. The second-order valence-corrected chi connectivity index (χ2v) is 5.17. The molecular formula is C15H15Cl2N. The molecule has 2 aromatic carbocycles. The van der Waals surface area contributed by atoms with E-state index in [0.29, 0.717) is 0 Å². The van der Waals surface area contributed by atoms with Gasteiger partial charge in [-0.2, -0.15) is 0 Å². The van der Waals surface area contributed by atoms with Gasteiger partial charge in [-0.3, -0.25) is 4.90 Å². The molecule has 0 saturated carbocycles. The molecule has 0 N–H and O–H groups in total. The number of hydrogen-bond acceptors (Lipinski definition) is 1. The van der Waals surface area contributed by atoms with E-state index in [1.165, 1.54) is 5.56 Å². The lowest BCUT2D eigenvalue weighted by molar-refractivity contribution is 0.319. The van der Waals surface area contributed by atoms with Crippen LogP contribution in [-0.2, 0) is 13.1 Å². The van der Waals surface area contributed by atoms with Gasteiger partial charge >= 0.3 is 0 Å². The molecule has 0 unspecified atom stereocenters. The summed E-state index contributed by atoms with van der Waals surface area (Å²) >= 11 is 12.3. The number of rotatable bonds is 4. The van der Waals surface area contributed by atoms with Crippen LogP contribution in [0.4, 0.5) is 0 Å². The van der Waals surface area contributed by atoms with Crippen LogP contribution < -0.4 is 0 Å². The summed E-state index contributed by atoms with van der Waals surface area (Å²) < 4.78 is 0. The Balaban J connectivity index is 2.06. The molecule has 0 heterocycles. The van der Waals surface area contributed by atoms with Crippen molar-refractivity contribution in [2.45, 2.75) is 13.1 Å². The van der Waals surface area contributed by atoms with Gasteiger partial charge in [-0.25, -0.2) is 0 Å². The molecule has 0 aromatic heterocycles. The van der Waals surface area contributed by atoms with Crippen molar-refractivity contribution in [2.75, 3.05) is 7.05 Å². The second kappa shape index (κ2) is 6.24. The summed E-state index contributed by atoms with van der Waals surface area (Å²) in [5.41, 5.74) is 2.27. The molecule has 0 amide bonds. The molecule has 94 valence electrons. The highest BCUT2D eigenvalue weighted by Crippen LogP contribution is 2.25. The fraction of sp³-hybridized carbons (Fsp3) is 0.200. The SMILES string of the molecule is CN(Cc1ccccc1)Cc1c(Cl)cccc1Cl. The highest BCUT2D eigenvalue weighted by Gasteiger charge is 2.08. The van der Waals surface area contributed by atoms with Crippen LogP contribution in [0.2, 0.25) is 10.0 Å². The van der Waals surface area contributed by atoms with Crippen LogP contribution >= 0.6 is 23.2 Å². The maximum atomic E-state index is 6.17. The van der Waals surface area contributed by atoms with E-state index in [9.17, 15) is 0 Å². The summed E-state index contributed by atoms with van der Waals surface area (Å²) in [5.74, 6) is 0. The van der Waals surface area contributed by atoms with Crippen molar-refractivity contribution in [3.8, 4) is 0 Å². The molecule has 0 saturated heterocycles. The van der Waals surface area contributed by atoms with Gasteiger partial charge in [0.15, 0.2) is 0 Å². The average Bonchev–Trinajstić information content (AvgIpc) is 2.35. The van der Waals surface area contributed by atoms with Crippen molar-refractivity contribution in [1.29, 1.82) is 0 Å². The zero-order valence-electron chi connectivity index (χ0n) is 10.2. The normalized spacial score (nSPS) is 10.9. The second-order valence-electron chi connectivity index (χ2n) is 4.36. The lowest BCUT2D eigenvalue weighted by Gasteiger charge is -2.18. The summed E-state index contributed by atoms with van der Waals surface area (Å²) in [6, 6.07) is 16.0. The summed E-state index contributed by atoms with van der Waals surface area (Å²) in [7, 11) is 2.06. The topological polar surface area (TPSA) is 3.24 Å². The molecule has 1 nitrogen and oxygen atoms in total. The van der Waals surface area contributed by atoms with Gasteiger partial charge in [0.25, 0.3) is 0 Å². The number of benzene rings is 2. The third kappa shape index (κ3) is 3.49. The van der Waals surface area contributed by atoms with Crippen molar-refractivity contribution in [3.05, 3.63) is 69.7 Å². The zero-order chi connectivity index (χ0) is 13.0. The van der Waals surface area contributed by atoms with E-state index in [-0.39, 0.29) is 0 Å². The minimum Gasteiger partial charge on any atom is -0.298 e. The fourth-order valence-electron chi connectivity index (χ4n) is 1.90. The van der Waals surface area contributed by atoms with Gasteiger partial charge < -0.3 is 0 Å². The van der Waals surface area contributed by atoms with Crippen molar-refractivity contribution in [2.24, 2.45) is 0 Å². The molecule has 0 aliphatic carbocycles. The minimum atomic E-state index is 0.724. The van der Waals surface area contributed by atoms with Crippen molar-refractivity contribution in [3.63, 3.8) is 0 Å². The van der Waals surface area contributed by atoms with E-state index in [2.05, 4.69) is 24.1 Å². The number of halogens is 2. The number of nitrogens with zero attached hydrogens (tertiary/aromatic N) is 1. The zero-order valence-corrected chi connectivity index (χ0v) is 11.7. The average molecular weight is 280 g/mol. The van der Waals surface area contributed by atoms with Crippen molar-refractivity contribution in [1.82, 2.24) is 4.90 Å². The maximum absolute atomic E-state index is 6.17. The van der Waals surface area contributed by atoms with E-state index in [1.807, 2.05) is 36.4 Å². The van der Waals surface area contributed by atoms with Crippen molar-refractivity contribution >= 4 is 23.2 Å². The van der Waals surface area contributed by atoms with E-state index in [0.717, 1.165) is 28.7 Å². The van der Waals surface area contributed by atoms with Gasteiger partial charge in [-0.15, -0.1) is 0 Å². The lowest BCUT2D eigenvalue weighted by atomic mass is 10.2. The highest BCUT2D eigenvalue weighted by molar-refractivity contribution is 6.35. The van der Waals surface area contributed by atoms with Crippen LogP contribution in [0.1, 0.15) is 11.1 Å². The Bertz CT molecular complexity index is 491. The Morgan fingerprint density at radius 2 is 1.44 bits per heavy atom. The molecule has 2 rings (SSSR count). The predicted molar refractivity (Wildman–Crippen MR) is 78.1 cm³/mol. The molecule has 0 atom stereocenters. The van der Waals surface area contributed by atoms with E-state index >= 15 is 0 Å². The first-order valence-electron chi connectivity index (χ1n) is 5.82. The first-order valence-corrected chi connectivity index (χ1v) is 6.58. The molecule has 3 heteroatoms. The smallest absolute Gasteiger partial charge is 0.0465 e. The quantitative estimate of drug-likeness (QED) is 0.789. The molecule has 2 aromatic rings. The molecule has 0 bridgehead atoms. The molecule has 0 radical (unpaired) electrons. The van der Waals surface area contributed by atoms with E-state index in [4.69, 9.17) is 23.2 Å². The summed E-state index contributed by atoms with van der Waals surface area (Å²) in [6.45, 7) is 1.62. The van der Waals surface area contributed by atoms with Gasteiger partial charge in [-0.05, 0) is 24.7 Å². The summed E-state index contributed by atoms with van der Waals surface area (Å²) in [6.07, 6.45) is 0.